The fourth-order valence-corrected chi connectivity index (χ4v) is 0. The third-order valence-corrected chi connectivity index (χ3v) is 2.19. The van der Waals surface area contributed by atoms with Crippen LogP contribution in [0.25, 0.3) is 0 Å². The van der Waals surface area contributed by atoms with E-state index in [0.29, 0.717) is 0 Å². The van der Waals surface area contributed by atoms with E-state index in [-0.39, 0.29) is 43.8 Å². The summed E-state index contributed by atoms with van der Waals surface area (Å²) in [5, 5.41) is 25.5. The predicted octanol–water partition coefficient (Wildman–Crippen LogP) is 4.20. The van der Waals surface area contributed by atoms with E-state index in [1.807, 2.05) is 34.6 Å². The number of hydrogen-bond donors (Lipinski definition) is 3. The summed E-state index contributed by atoms with van der Waals surface area (Å²) < 4.78 is 0. The first-order valence-corrected chi connectivity index (χ1v) is 7.51. The van der Waals surface area contributed by atoms with Crippen LogP contribution in [0, 0.1) is 12.3 Å². The van der Waals surface area contributed by atoms with Gasteiger partial charge in [0.05, 0.1) is 5.60 Å². The molecular weight excluding hydrogens is 343 g/mol. The SMILES string of the molecule is CC(C)(C)C(C)(C)O.CC(C)O.CC(C)O.[CH2-]CCC.[Zr]. The zero-order valence-corrected chi connectivity index (χ0v) is 18.6. The Morgan fingerprint density at radius 2 is 0.952 bits per heavy atom. The first-order chi connectivity index (χ1) is 8.63. The van der Waals surface area contributed by atoms with Crippen molar-refractivity contribution in [2.45, 2.75) is 99.9 Å². The molecule has 0 aliphatic carbocycles. The Morgan fingerprint density at radius 3 is 0.952 bits per heavy atom. The minimum absolute atomic E-state index is 0. The fourth-order valence-electron chi connectivity index (χ4n) is 0. The van der Waals surface area contributed by atoms with Crippen molar-refractivity contribution in [3.05, 3.63) is 6.92 Å². The van der Waals surface area contributed by atoms with Crippen molar-refractivity contribution >= 4 is 0 Å². The van der Waals surface area contributed by atoms with E-state index >= 15 is 0 Å². The molecule has 0 aromatic carbocycles. The van der Waals surface area contributed by atoms with Crippen LogP contribution in [0.5, 0.6) is 0 Å². The smallest absolute Gasteiger partial charge is 0.0639 e. The summed E-state index contributed by atoms with van der Waals surface area (Å²) in [5.74, 6) is 0. The van der Waals surface area contributed by atoms with Crippen molar-refractivity contribution < 1.29 is 41.5 Å². The number of unbranched alkanes of at least 4 members (excludes halogenated alkanes) is 1. The van der Waals surface area contributed by atoms with Crippen LogP contribution in [0.15, 0.2) is 0 Å². The van der Waals surface area contributed by atoms with Gasteiger partial charge >= 0.3 is 0 Å². The topological polar surface area (TPSA) is 60.7 Å². The zero-order valence-electron chi connectivity index (χ0n) is 16.1. The molecule has 0 aromatic heterocycles. The van der Waals surface area contributed by atoms with Crippen molar-refractivity contribution in [2.24, 2.45) is 5.41 Å². The van der Waals surface area contributed by atoms with E-state index < -0.39 is 5.60 Å². The van der Waals surface area contributed by atoms with Gasteiger partial charge < -0.3 is 22.2 Å². The van der Waals surface area contributed by atoms with Gasteiger partial charge in [-0.2, -0.15) is 6.42 Å². The van der Waals surface area contributed by atoms with Crippen molar-refractivity contribution in [1.82, 2.24) is 0 Å². The van der Waals surface area contributed by atoms with E-state index in [4.69, 9.17) is 10.2 Å². The Hall–Kier alpha value is 0.763. The second-order valence-corrected chi connectivity index (χ2v) is 6.85. The molecule has 0 unspecified atom stereocenters. The van der Waals surface area contributed by atoms with Crippen molar-refractivity contribution in [2.75, 3.05) is 0 Å². The Kier molecular flexibility index (Phi) is 29.9. The minimum Gasteiger partial charge on any atom is -0.394 e. The zero-order chi connectivity index (χ0) is 17.6. The normalized spacial score (nSPS) is 10.3. The standard InChI is InChI=1S/C7H16O.C4H9.2C3H8O.Zr/c1-6(2,3)7(4,5)8;1-3-4-2;2*1-3(2)4;/h8H,1-5H3;1,3-4H2,2H3;2*3-4H,1-2H3;/q;-1;;;. The van der Waals surface area contributed by atoms with Crippen LogP contribution < -0.4 is 0 Å². The number of hydrogen-bond acceptors (Lipinski definition) is 3. The number of aliphatic hydroxyl groups is 3. The van der Waals surface area contributed by atoms with Crippen LogP contribution in [0.1, 0.15) is 82.1 Å². The van der Waals surface area contributed by atoms with Gasteiger partial charge in [-0.05, 0) is 47.0 Å². The summed E-state index contributed by atoms with van der Waals surface area (Å²) in [7, 11) is 0. The number of rotatable bonds is 1. The van der Waals surface area contributed by atoms with Crippen molar-refractivity contribution in [3.8, 4) is 0 Å². The first kappa shape index (κ1) is 33.4. The van der Waals surface area contributed by atoms with Gasteiger partial charge in [0.15, 0.2) is 0 Å². The van der Waals surface area contributed by atoms with Gasteiger partial charge in [-0.15, -0.1) is 0 Å². The predicted molar refractivity (Wildman–Crippen MR) is 90.7 cm³/mol. The summed E-state index contributed by atoms with van der Waals surface area (Å²) >= 11 is 0. The maximum atomic E-state index is 9.35. The molecule has 0 aromatic rings. The molecule has 3 N–H and O–H groups in total. The molecule has 0 atom stereocenters. The fraction of sp³-hybridized carbons (Fsp3) is 0.941. The molecule has 0 rings (SSSR count). The molecule has 0 radical (unpaired) electrons. The molecule has 0 aliphatic rings. The monoisotopic (exact) mass is 383 g/mol. The molecule has 0 spiro atoms. The molecule has 0 saturated carbocycles. The Bertz CT molecular complexity index is 142. The van der Waals surface area contributed by atoms with E-state index in [1.54, 1.807) is 27.7 Å². The molecule has 0 fully saturated rings. The van der Waals surface area contributed by atoms with E-state index in [1.165, 1.54) is 6.42 Å². The summed E-state index contributed by atoms with van der Waals surface area (Å²) in [5.41, 5.74) is -0.569. The van der Waals surface area contributed by atoms with Crippen LogP contribution in [0.4, 0.5) is 0 Å². The average molecular weight is 385 g/mol. The summed E-state index contributed by atoms with van der Waals surface area (Å²) in [6, 6.07) is 0. The van der Waals surface area contributed by atoms with E-state index in [2.05, 4.69) is 13.8 Å². The van der Waals surface area contributed by atoms with Crippen molar-refractivity contribution in [1.29, 1.82) is 0 Å². The van der Waals surface area contributed by atoms with Gasteiger partial charge in [-0.3, -0.25) is 0 Å². The second kappa shape index (κ2) is 18.8. The molecule has 0 aliphatic heterocycles. The molecule has 132 valence electrons. The minimum atomic E-state index is -0.562. The maximum absolute atomic E-state index is 9.35. The number of aliphatic hydroxyl groups excluding tert-OH is 2. The van der Waals surface area contributed by atoms with Gasteiger partial charge in [0.1, 0.15) is 0 Å². The summed E-state index contributed by atoms with van der Waals surface area (Å²) in [6.07, 6.45) is 1.94. The molecule has 0 bridgehead atoms. The molecular formula is C17H41O3Zr-. The van der Waals surface area contributed by atoms with E-state index in [0.717, 1.165) is 6.42 Å². The average Bonchev–Trinajstić information content (AvgIpc) is 2.13. The van der Waals surface area contributed by atoms with Gasteiger partial charge in [0, 0.05) is 38.4 Å². The van der Waals surface area contributed by atoms with E-state index in [9.17, 15) is 5.11 Å². The quantitative estimate of drug-likeness (QED) is 0.594. The Balaban J connectivity index is -0.0000000570. The molecule has 3 nitrogen and oxygen atoms in total. The van der Waals surface area contributed by atoms with Gasteiger partial charge in [-0.25, -0.2) is 0 Å². The van der Waals surface area contributed by atoms with Crippen LogP contribution >= 0.6 is 0 Å². The van der Waals surface area contributed by atoms with Crippen molar-refractivity contribution in [3.63, 3.8) is 0 Å². The van der Waals surface area contributed by atoms with Crippen LogP contribution in [-0.2, 0) is 26.2 Å². The van der Waals surface area contributed by atoms with Crippen LogP contribution in [0.3, 0.4) is 0 Å². The largest absolute Gasteiger partial charge is 0.394 e. The molecule has 4 heteroatoms. The van der Waals surface area contributed by atoms with Crippen LogP contribution in [-0.4, -0.2) is 33.1 Å². The molecule has 21 heavy (non-hydrogen) atoms. The molecule has 0 amide bonds. The maximum Gasteiger partial charge on any atom is 0.0639 e. The first-order valence-electron chi connectivity index (χ1n) is 7.51. The summed E-state index contributed by atoms with van der Waals surface area (Å²) in [6.45, 7) is 22.3. The third kappa shape index (κ3) is 63.1. The third-order valence-electron chi connectivity index (χ3n) is 2.19. The Morgan fingerprint density at radius 1 is 0.857 bits per heavy atom. The van der Waals surface area contributed by atoms with Gasteiger partial charge in [-0.1, -0.05) is 34.1 Å². The Labute approximate surface area is 153 Å². The summed E-state index contributed by atoms with van der Waals surface area (Å²) in [4.78, 5) is 0. The van der Waals surface area contributed by atoms with Crippen LogP contribution in [0.2, 0.25) is 0 Å². The van der Waals surface area contributed by atoms with Gasteiger partial charge in [0.2, 0.25) is 0 Å². The molecule has 0 heterocycles. The molecule has 0 saturated heterocycles. The second-order valence-electron chi connectivity index (χ2n) is 6.85. The van der Waals surface area contributed by atoms with Gasteiger partial charge in [0.25, 0.3) is 0 Å².